The van der Waals surface area contributed by atoms with Gasteiger partial charge in [0.15, 0.2) is 0 Å². The molecule has 1 aliphatic rings. The normalized spacial score (nSPS) is 19.1. The summed E-state index contributed by atoms with van der Waals surface area (Å²) in [5.74, 6) is 1.93. The van der Waals surface area contributed by atoms with E-state index in [9.17, 15) is 5.11 Å². The smallest absolute Gasteiger partial charge is 0.117 e. The van der Waals surface area contributed by atoms with Crippen molar-refractivity contribution in [2.45, 2.75) is 39.2 Å². The third-order valence-electron chi connectivity index (χ3n) is 3.59. The van der Waals surface area contributed by atoms with Crippen molar-refractivity contribution in [3.05, 3.63) is 23.7 Å². The molecule has 1 aliphatic carbocycles. The molecule has 1 aromatic rings. The van der Waals surface area contributed by atoms with Crippen molar-refractivity contribution >= 4 is 0 Å². The van der Waals surface area contributed by atoms with Gasteiger partial charge in [0.25, 0.3) is 0 Å². The van der Waals surface area contributed by atoms with Crippen LogP contribution in [0.2, 0.25) is 0 Å². The second-order valence-corrected chi connectivity index (χ2v) is 4.98. The zero-order valence-electron chi connectivity index (χ0n) is 9.96. The zero-order valence-corrected chi connectivity index (χ0v) is 9.96. The fourth-order valence-electron chi connectivity index (χ4n) is 2.55. The first kappa shape index (κ1) is 11.7. The van der Waals surface area contributed by atoms with Crippen LogP contribution in [-0.2, 0) is 6.54 Å². The molecule has 1 saturated carbocycles. The van der Waals surface area contributed by atoms with Crippen LogP contribution in [0.3, 0.4) is 0 Å². The van der Waals surface area contributed by atoms with Crippen LogP contribution in [0.1, 0.15) is 37.2 Å². The second-order valence-electron chi connectivity index (χ2n) is 4.98. The summed E-state index contributed by atoms with van der Waals surface area (Å²) in [6.07, 6.45) is 4.80. The van der Waals surface area contributed by atoms with Crippen molar-refractivity contribution < 1.29 is 9.52 Å². The first-order valence-electron chi connectivity index (χ1n) is 6.11. The molecular weight excluding hydrogens is 202 g/mol. The minimum absolute atomic E-state index is 0.127. The standard InChI is InChI=1S/C13H21NO2/c1-11-4-5-12(16-11)8-14-9-13(10-15)6-2-3-7-13/h4-5,14-15H,2-3,6-10H2,1H3. The van der Waals surface area contributed by atoms with Gasteiger partial charge in [0.2, 0.25) is 0 Å². The molecule has 1 fully saturated rings. The lowest BCUT2D eigenvalue weighted by Gasteiger charge is -2.26. The first-order valence-corrected chi connectivity index (χ1v) is 6.11. The minimum Gasteiger partial charge on any atom is -0.465 e. The fraction of sp³-hybridized carbons (Fsp3) is 0.692. The Kier molecular flexibility index (Phi) is 3.66. The van der Waals surface area contributed by atoms with E-state index in [1.165, 1.54) is 12.8 Å². The fourth-order valence-corrected chi connectivity index (χ4v) is 2.55. The molecule has 0 bridgehead atoms. The van der Waals surface area contributed by atoms with Gasteiger partial charge >= 0.3 is 0 Å². The van der Waals surface area contributed by atoms with E-state index in [1.807, 2.05) is 19.1 Å². The summed E-state index contributed by atoms with van der Waals surface area (Å²) in [7, 11) is 0. The summed E-state index contributed by atoms with van der Waals surface area (Å²) in [6, 6.07) is 3.98. The monoisotopic (exact) mass is 223 g/mol. The van der Waals surface area contributed by atoms with Gasteiger partial charge in [0.05, 0.1) is 6.54 Å². The van der Waals surface area contributed by atoms with Gasteiger partial charge in [-0.05, 0) is 31.9 Å². The highest BCUT2D eigenvalue weighted by atomic mass is 16.3. The number of aryl methyl sites for hydroxylation is 1. The van der Waals surface area contributed by atoms with Crippen molar-refractivity contribution in [3.8, 4) is 0 Å². The molecule has 90 valence electrons. The number of furan rings is 1. The Labute approximate surface area is 96.8 Å². The Hall–Kier alpha value is -0.800. The zero-order chi connectivity index (χ0) is 11.4. The SMILES string of the molecule is Cc1ccc(CNCC2(CO)CCCC2)o1. The van der Waals surface area contributed by atoms with Crippen LogP contribution in [0.5, 0.6) is 0 Å². The Morgan fingerprint density at radius 2 is 2.12 bits per heavy atom. The van der Waals surface area contributed by atoms with Crippen LogP contribution in [0.25, 0.3) is 0 Å². The Morgan fingerprint density at radius 3 is 2.69 bits per heavy atom. The minimum atomic E-state index is 0.127. The molecule has 1 heterocycles. The molecule has 0 atom stereocenters. The lowest BCUT2D eigenvalue weighted by atomic mass is 9.87. The van der Waals surface area contributed by atoms with Crippen LogP contribution in [-0.4, -0.2) is 18.3 Å². The molecule has 0 radical (unpaired) electrons. The molecule has 0 aliphatic heterocycles. The van der Waals surface area contributed by atoms with Crippen molar-refractivity contribution in [1.82, 2.24) is 5.32 Å². The quantitative estimate of drug-likeness (QED) is 0.804. The summed E-state index contributed by atoms with van der Waals surface area (Å²) in [5, 5.41) is 12.8. The van der Waals surface area contributed by atoms with E-state index in [0.29, 0.717) is 6.61 Å². The average molecular weight is 223 g/mol. The van der Waals surface area contributed by atoms with Crippen LogP contribution in [0, 0.1) is 12.3 Å². The second kappa shape index (κ2) is 5.02. The maximum atomic E-state index is 9.45. The van der Waals surface area contributed by atoms with Gasteiger partial charge in [-0.1, -0.05) is 12.8 Å². The number of aliphatic hydroxyl groups is 1. The maximum absolute atomic E-state index is 9.45. The maximum Gasteiger partial charge on any atom is 0.117 e. The molecule has 2 rings (SSSR count). The van der Waals surface area contributed by atoms with E-state index in [4.69, 9.17) is 4.42 Å². The first-order chi connectivity index (χ1) is 7.74. The summed E-state index contributed by atoms with van der Waals surface area (Å²) in [6.45, 7) is 3.91. The highest BCUT2D eigenvalue weighted by molar-refractivity contribution is 5.05. The van der Waals surface area contributed by atoms with Crippen LogP contribution >= 0.6 is 0 Å². The molecule has 1 aromatic heterocycles. The summed E-state index contributed by atoms with van der Waals surface area (Å²) < 4.78 is 5.49. The van der Waals surface area contributed by atoms with Gasteiger partial charge < -0.3 is 14.8 Å². The van der Waals surface area contributed by atoms with Gasteiger partial charge in [-0.15, -0.1) is 0 Å². The Bertz CT molecular complexity index is 326. The largest absolute Gasteiger partial charge is 0.465 e. The molecular formula is C13H21NO2. The molecule has 2 N–H and O–H groups in total. The Morgan fingerprint density at radius 1 is 1.38 bits per heavy atom. The van der Waals surface area contributed by atoms with Gasteiger partial charge in [0.1, 0.15) is 11.5 Å². The molecule has 3 heteroatoms. The van der Waals surface area contributed by atoms with Gasteiger partial charge in [-0.2, -0.15) is 0 Å². The van der Waals surface area contributed by atoms with Crippen LogP contribution in [0.4, 0.5) is 0 Å². The average Bonchev–Trinajstić information content (AvgIpc) is 2.89. The molecule has 16 heavy (non-hydrogen) atoms. The third-order valence-corrected chi connectivity index (χ3v) is 3.59. The highest BCUT2D eigenvalue weighted by Gasteiger charge is 2.32. The van der Waals surface area contributed by atoms with E-state index in [0.717, 1.165) is 37.5 Å². The third kappa shape index (κ3) is 2.66. The molecule has 3 nitrogen and oxygen atoms in total. The van der Waals surface area contributed by atoms with E-state index in [2.05, 4.69) is 5.32 Å². The van der Waals surface area contributed by atoms with Crippen molar-refractivity contribution in [1.29, 1.82) is 0 Å². The van der Waals surface area contributed by atoms with Crippen LogP contribution in [0.15, 0.2) is 16.5 Å². The van der Waals surface area contributed by atoms with E-state index < -0.39 is 0 Å². The Balaban J connectivity index is 1.78. The highest BCUT2D eigenvalue weighted by Crippen LogP contribution is 2.36. The van der Waals surface area contributed by atoms with E-state index in [-0.39, 0.29) is 5.41 Å². The van der Waals surface area contributed by atoms with E-state index >= 15 is 0 Å². The molecule has 0 amide bonds. The van der Waals surface area contributed by atoms with Gasteiger partial charge in [-0.25, -0.2) is 0 Å². The topological polar surface area (TPSA) is 45.4 Å². The van der Waals surface area contributed by atoms with Crippen molar-refractivity contribution in [3.63, 3.8) is 0 Å². The molecule has 0 aromatic carbocycles. The number of hydrogen-bond donors (Lipinski definition) is 2. The molecule has 0 spiro atoms. The number of rotatable bonds is 5. The number of aliphatic hydroxyl groups excluding tert-OH is 1. The number of nitrogens with one attached hydrogen (secondary N) is 1. The predicted molar refractivity (Wildman–Crippen MR) is 63.1 cm³/mol. The summed E-state index contributed by atoms with van der Waals surface area (Å²) in [4.78, 5) is 0. The predicted octanol–water partition coefficient (Wildman–Crippen LogP) is 2.23. The lowest BCUT2D eigenvalue weighted by Crippen LogP contribution is -2.34. The molecule has 0 saturated heterocycles. The summed E-state index contributed by atoms with van der Waals surface area (Å²) in [5.41, 5.74) is 0.127. The lowest BCUT2D eigenvalue weighted by molar-refractivity contribution is 0.127. The molecule has 0 unspecified atom stereocenters. The summed E-state index contributed by atoms with van der Waals surface area (Å²) >= 11 is 0. The van der Waals surface area contributed by atoms with Gasteiger partial charge in [-0.3, -0.25) is 0 Å². The van der Waals surface area contributed by atoms with Gasteiger partial charge in [0, 0.05) is 18.6 Å². The number of hydrogen-bond acceptors (Lipinski definition) is 3. The van der Waals surface area contributed by atoms with Crippen molar-refractivity contribution in [2.24, 2.45) is 5.41 Å². The van der Waals surface area contributed by atoms with E-state index in [1.54, 1.807) is 0 Å². The van der Waals surface area contributed by atoms with Crippen molar-refractivity contribution in [2.75, 3.05) is 13.2 Å². The van der Waals surface area contributed by atoms with Crippen LogP contribution < -0.4 is 5.32 Å².